The number of thiol groups is 1. The second kappa shape index (κ2) is 11.8. The third-order valence-electron chi connectivity index (χ3n) is 7.22. The molecule has 0 radical (unpaired) electrons. The second-order valence-electron chi connectivity index (χ2n) is 9.73. The van der Waals surface area contributed by atoms with Crippen LogP contribution in [0.4, 0.5) is 0 Å². The van der Waals surface area contributed by atoms with Crippen molar-refractivity contribution in [2.24, 2.45) is 0 Å². The number of carbonyl (C=O) groups excluding carboxylic acids is 1. The molecular weight excluding hydrogens is 518 g/mol. The maximum Gasteiger partial charge on any atom is 0.252 e. The number of methoxy groups -OCH3 is 1. The van der Waals surface area contributed by atoms with E-state index in [9.17, 15) is 4.79 Å². The Balaban J connectivity index is 0.000000487. The summed E-state index contributed by atoms with van der Waals surface area (Å²) in [4.78, 5) is 22.4. The van der Waals surface area contributed by atoms with E-state index in [1.54, 1.807) is 25.6 Å². The molecule has 2 N–H and O–H groups in total. The minimum Gasteiger partial charge on any atom is -0.497 e. The topological polar surface area (TPSA) is 80.5 Å². The summed E-state index contributed by atoms with van der Waals surface area (Å²) in [5.41, 5.74) is 6.20. The van der Waals surface area contributed by atoms with Crippen LogP contribution in [0.3, 0.4) is 0 Å². The standard InChI is InChI=1S/C28H24N4O2.C3H5N.CH4S/c1-18-5-7-21(34-2)16-23(18)27(33)31-28(9-10-28)24-14-20(15-25-22(24)4-3-11-29-25)19-6-8-26-30-12-13-32(26)17-19;1-2-4-3-1;1-2/h3-8,11-17H,9-10H2,1-2H3,(H,31,33);1-2,4H,3H2;2H,1H3. The molecule has 8 heteroatoms. The van der Waals surface area contributed by atoms with Crippen LogP contribution in [0, 0.1) is 6.92 Å². The Bertz CT molecular complexity index is 1680. The van der Waals surface area contributed by atoms with Crippen molar-refractivity contribution in [2.75, 3.05) is 19.9 Å². The average Bonchev–Trinajstić information content (AvgIpc) is 3.57. The normalized spacial score (nSPS) is 14.1. The van der Waals surface area contributed by atoms with E-state index in [-0.39, 0.29) is 5.91 Å². The van der Waals surface area contributed by atoms with Gasteiger partial charge in [0, 0.05) is 42.3 Å². The number of nitrogens with zero attached hydrogens (tertiary/aromatic N) is 3. The van der Waals surface area contributed by atoms with Crippen LogP contribution in [0.2, 0.25) is 0 Å². The van der Waals surface area contributed by atoms with Crippen molar-refractivity contribution in [3.05, 3.63) is 108 Å². The zero-order chi connectivity index (χ0) is 28.1. The van der Waals surface area contributed by atoms with Gasteiger partial charge in [-0.15, -0.1) is 0 Å². The van der Waals surface area contributed by atoms with Gasteiger partial charge < -0.3 is 19.8 Å². The number of imidazole rings is 1. The minimum atomic E-state index is -0.414. The Kier molecular flexibility index (Phi) is 8.07. The molecule has 1 amide bonds. The molecule has 2 aliphatic rings. The van der Waals surface area contributed by atoms with Crippen LogP contribution in [0.5, 0.6) is 5.75 Å². The molecule has 0 atom stereocenters. The molecule has 0 bridgehead atoms. The molecule has 0 spiro atoms. The fourth-order valence-electron chi connectivity index (χ4n) is 4.80. The first kappa shape index (κ1) is 27.3. The van der Waals surface area contributed by atoms with Gasteiger partial charge in [-0.3, -0.25) is 9.78 Å². The lowest BCUT2D eigenvalue weighted by molar-refractivity contribution is 0.0930. The van der Waals surface area contributed by atoms with Crippen LogP contribution in [-0.4, -0.2) is 40.2 Å². The smallest absolute Gasteiger partial charge is 0.252 e. The number of nitrogens with one attached hydrogen (secondary N) is 2. The summed E-state index contributed by atoms with van der Waals surface area (Å²) in [6.07, 6.45) is 15.1. The van der Waals surface area contributed by atoms with Gasteiger partial charge in [-0.2, -0.15) is 12.6 Å². The number of pyridine rings is 2. The molecule has 7 rings (SSSR count). The highest BCUT2D eigenvalue weighted by Crippen LogP contribution is 2.49. The van der Waals surface area contributed by atoms with Gasteiger partial charge in [0.05, 0.1) is 18.2 Å². The first-order valence-electron chi connectivity index (χ1n) is 13.2. The average molecular weight is 552 g/mol. The van der Waals surface area contributed by atoms with E-state index in [1.807, 2.05) is 54.2 Å². The first-order valence-corrected chi connectivity index (χ1v) is 14.1. The SMILES string of the molecule is C1=CNC1.COc1ccc(C)c(C(=O)NC2(c3cc(-c4ccc5nccn5c4)cc4ncccc34)CC2)c1.CS. The molecule has 1 saturated carbocycles. The van der Waals surface area contributed by atoms with E-state index in [2.05, 4.69) is 69.8 Å². The van der Waals surface area contributed by atoms with Crippen molar-refractivity contribution in [1.29, 1.82) is 0 Å². The van der Waals surface area contributed by atoms with Crippen LogP contribution >= 0.6 is 12.6 Å². The molecule has 5 aromatic rings. The highest BCUT2D eigenvalue weighted by molar-refractivity contribution is 7.79. The van der Waals surface area contributed by atoms with Crippen molar-refractivity contribution in [3.8, 4) is 16.9 Å². The summed E-state index contributed by atoms with van der Waals surface area (Å²) in [5.74, 6) is 0.586. The van der Waals surface area contributed by atoms with E-state index in [0.717, 1.165) is 58.2 Å². The number of ether oxygens (including phenoxy) is 1. The van der Waals surface area contributed by atoms with E-state index in [4.69, 9.17) is 4.74 Å². The maximum absolute atomic E-state index is 13.4. The van der Waals surface area contributed by atoms with Crippen molar-refractivity contribution >= 4 is 35.1 Å². The maximum atomic E-state index is 13.4. The number of benzene rings is 2. The van der Waals surface area contributed by atoms with Gasteiger partial charge in [0.15, 0.2) is 0 Å². The quantitative estimate of drug-likeness (QED) is 0.236. The Morgan fingerprint density at radius 3 is 2.52 bits per heavy atom. The lowest BCUT2D eigenvalue weighted by atomic mass is 9.93. The number of fused-ring (bicyclic) bond motifs is 2. The van der Waals surface area contributed by atoms with Crippen molar-refractivity contribution in [2.45, 2.75) is 25.3 Å². The van der Waals surface area contributed by atoms with Gasteiger partial charge in [0.1, 0.15) is 11.4 Å². The highest BCUT2D eigenvalue weighted by atomic mass is 32.1. The number of hydrogen-bond donors (Lipinski definition) is 3. The summed E-state index contributed by atoms with van der Waals surface area (Å²) in [5, 5.41) is 7.35. The fraction of sp³-hybridized carbons (Fsp3) is 0.219. The predicted molar refractivity (Wildman–Crippen MR) is 164 cm³/mol. The molecule has 1 fully saturated rings. The molecule has 2 aromatic carbocycles. The lowest BCUT2D eigenvalue weighted by Crippen LogP contribution is -2.35. The zero-order valence-corrected chi connectivity index (χ0v) is 23.8. The first-order chi connectivity index (χ1) is 19.6. The number of aromatic nitrogens is 3. The molecule has 3 aromatic heterocycles. The largest absolute Gasteiger partial charge is 0.497 e. The zero-order valence-electron chi connectivity index (χ0n) is 22.9. The molecule has 204 valence electrons. The second-order valence-corrected chi connectivity index (χ2v) is 9.73. The number of hydrogen-bond acceptors (Lipinski definition) is 6. The van der Waals surface area contributed by atoms with Crippen LogP contribution in [-0.2, 0) is 5.54 Å². The van der Waals surface area contributed by atoms with Crippen LogP contribution in [0.1, 0.15) is 34.3 Å². The van der Waals surface area contributed by atoms with Crippen molar-refractivity contribution in [1.82, 2.24) is 25.0 Å². The summed E-state index contributed by atoms with van der Waals surface area (Å²) in [6, 6.07) is 18.0. The van der Waals surface area contributed by atoms with Crippen LogP contribution in [0.15, 0.2) is 91.7 Å². The molecule has 40 heavy (non-hydrogen) atoms. The predicted octanol–water partition coefficient (Wildman–Crippen LogP) is 5.93. The van der Waals surface area contributed by atoms with Crippen molar-refractivity contribution in [3.63, 3.8) is 0 Å². The Hall–Kier alpha value is -4.30. The molecule has 4 heterocycles. The summed E-state index contributed by atoms with van der Waals surface area (Å²) in [6.45, 7) is 3.01. The lowest BCUT2D eigenvalue weighted by Gasteiger charge is -2.22. The number of aryl methyl sites for hydroxylation is 1. The molecule has 0 unspecified atom stereocenters. The molecule has 0 saturated heterocycles. The monoisotopic (exact) mass is 551 g/mol. The van der Waals surface area contributed by atoms with Gasteiger partial charge in [-0.05, 0) is 103 Å². The van der Waals surface area contributed by atoms with E-state index in [1.165, 1.54) is 0 Å². The third kappa shape index (κ3) is 5.53. The van der Waals surface area contributed by atoms with E-state index in [0.29, 0.717) is 11.3 Å². The molecule has 1 aliphatic heterocycles. The van der Waals surface area contributed by atoms with Crippen LogP contribution in [0.25, 0.3) is 27.7 Å². The van der Waals surface area contributed by atoms with Crippen molar-refractivity contribution < 1.29 is 9.53 Å². The van der Waals surface area contributed by atoms with Gasteiger partial charge in [-0.1, -0.05) is 12.1 Å². The van der Waals surface area contributed by atoms with E-state index >= 15 is 0 Å². The number of amides is 1. The minimum absolute atomic E-state index is 0.0869. The van der Waals surface area contributed by atoms with E-state index < -0.39 is 5.54 Å². The Morgan fingerprint density at radius 1 is 1.05 bits per heavy atom. The fourth-order valence-corrected chi connectivity index (χ4v) is 4.80. The molecule has 1 aliphatic carbocycles. The van der Waals surface area contributed by atoms with Crippen LogP contribution < -0.4 is 15.4 Å². The molecule has 7 nitrogen and oxygen atoms in total. The third-order valence-corrected chi connectivity index (χ3v) is 7.22. The summed E-state index contributed by atoms with van der Waals surface area (Å²) < 4.78 is 7.35. The van der Waals surface area contributed by atoms with Gasteiger partial charge >= 0.3 is 0 Å². The highest BCUT2D eigenvalue weighted by Gasteiger charge is 2.47. The summed E-state index contributed by atoms with van der Waals surface area (Å²) in [7, 11) is 1.61. The van der Waals surface area contributed by atoms with Gasteiger partial charge in [0.25, 0.3) is 5.91 Å². The number of carbonyl (C=O) groups is 1. The van der Waals surface area contributed by atoms with Gasteiger partial charge in [-0.25, -0.2) is 4.98 Å². The Morgan fingerprint density at radius 2 is 1.82 bits per heavy atom. The van der Waals surface area contributed by atoms with Gasteiger partial charge in [0.2, 0.25) is 0 Å². The number of rotatable bonds is 5. The molecular formula is C32H33N5O2S. The Labute approximate surface area is 239 Å². The summed E-state index contributed by atoms with van der Waals surface area (Å²) >= 11 is 3.53.